The molecule has 0 aliphatic rings. The van der Waals surface area contributed by atoms with Crippen molar-refractivity contribution in [3.63, 3.8) is 0 Å². The molecule has 5 atom stereocenters. The van der Waals surface area contributed by atoms with E-state index in [-0.39, 0.29) is 62.7 Å². The lowest BCUT2D eigenvalue weighted by Gasteiger charge is -2.27. The number of aromatic hydroxyl groups is 1. The molecule has 15 heteroatoms. The Morgan fingerprint density at radius 2 is 1.11 bits per heavy atom. The number of guanidine groups is 1. The Balaban J connectivity index is 1.82. The molecule has 0 aromatic heterocycles. The largest absolute Gasteiger partial charge is 0.508 e. The van der Waals surface area contributed by atoms with Gasteiger partial charge in [-0.15, -0.1) is 0 Å². The van der Waals surface area contributed by atoms with Crippen molar-refractivity contribution in [2.45, 2.75) is 82.6 Å². The second-order valence-electron chi connectivity index (χ2n) is 13.6. The summed E-state index contributed by atoms with van der Waals surface area (Å²) in [4.78, 5) is 66.9. The number of phenolic OH excluding ortho intramolecular Hbond substituents is 1. The number of hydrogen-bond donors (Lipinski definition) is 10. The minimum absolute atomic E-state index is 0.0112. The second kappa shape index (κ2) is 21.5. The van der Waals surface area contributed by atoms with Gasteiger partial charge in [0.05, 0.1) is 6.04 Å². The zero-order valence-electron chi connectivity index (χ0n) is 30.6. The number of amides is 4. The van der Waals surface area contributed by atoms with E-state index in [1.54, 1.807) is 72.8 Å². The van der Waals surface area contributed by atoms with Crippen molar-refractivity contribution in [2.24, 2.45) is 17.4 Å². The van der Waals surface area contributed by atoms with Crippen LogP contribution < -0.4 is 38.1 Å². The van der Waals surface area contributed by atoms with E-state index in [0.29, 0.717) is 16.7 Å². The van der Waals surface area contributed by atoms with Gasteiger partial charge in [0.2, 0.25) is 23.6 Å². The summed E-state index contributed by atoms with van der Waals surface area (Å²) in [5.41, 5.74) is 13.7. The van der Waals surface area contributed by atoms with Crippen LogP contribution in [0.25, 0.3) is 0 Å². The summed E-state index contributed by atoms with van der Waals surface area (Å²) in [6.07, 6.45) is 0.747. The number of nitrogens with one attached hydrogen (secondary N) is 6. The fourth-order valence-corrected chi connectivity index (χ4v) is 5.68. The molecule has 0 aliphatic heterocycles. The molecule has 3 rings (SSSR count). The zero-order valence-corrected chi connectivity index (χ0v) is 30.6. The summed E-state index contributed by atoms with van der Waals surface area (Å²) < 4.78 is 0. The molecule has 0 saturated heterocycles. The maximum Gasteiger partial charge on any atom is 0.326 e. The smallest absolute Gasteiger partial charge is 0.326 e. The average molecular weight is 745 g/mol. The van der Waals surface area contributed by atoms with Crippen LogP contribution in [0.2, 0.25) is 0 Å². The molecule has 15 nitrogen and oxygen atoms in total. The van der Waals surface area contributed by atoms with Gasteiger partial charge >= 0.3 is 5.97 Å². The third kappa shape index (κ3) is 14.9. The van der Waals surface area contributed by atoms with Crippen molar-refractivity contribution in [2.75, 3.05) is 6.54 Å². The molecular formula is C39H52N8O7. The van der Waals surface area contributed by atoms with E-state index in [0.717, 1.165) is 0 Å². The third-order valence-electron chi connectivity index (χ3n) is 8.50. The highest BCUT2D eigenvalue weighted by atomic mass is 16.4. The van der Waals surface area contributed by atoms with Crippen molar-refractivity contribution in [3.05, 3.63) is 102 Å². The molecule has 12 N–H and O–H groups in total. The van der Waals surface area contributed by atoms with Crippen LogP contribution in [0.5, 0.6) is 5.75 Å². The zero-order chi connectivity index (χ0) is 39.6. The van der Waals surface area contributed by atoms with E-state index in [1.807, 2.05) is 13.8 Å². The number of benzene rings is 3. The fourth-order valence-electron chi connectivity index (χ4n) is 5.68. The van der Waals surface area contributed by atoms with E-state index in [2.05, 4.69) is 26.6 Å². The van der Waals surface area contributed by atoms with Crippen LogP contribution in [0, 0.1) is 11.3 Å². The van der Waals surface area contributed by atoms with Crippen molar-refractivity contribution in [1.29, 1.82) is 5.41 Å². The highest BCUT2D eigenvalue weighted by Gasteiger charge is 2.32. The van der Waals surface area contributed by atoms with E-state index >= 15 is 0 Å². The lowest BCUT2D eigenvalue weighted by atomic mass is 10.00. The van der Waals surface area contributed by atoms with Crippen LogP contribution in [0.15, 0.2) is 84.9 Å². The standard InChI is InChI=1S/C39H52N8O7/c1-24(2)20-31(45-34(49)29(40)21-27-15-17-28(48)18-16-27)36(51)44-30(14-9-19-43-39(41)42)35(50)46-32(22-25-10-5-3-6-11-25)37(52)47-33(38(53)54)23-26-12-7-4-8-13-26/h3-8,10-13,15-18,24,29-33,48H,9,14,19-23,40H2,1-2H3,(H,44,51)(H,45,49)(H,46,50)(H,47,52)(H,53,54)(H4,41,42,43)/t29-,30-,31-,32-,33-/m0/s1. The summed E-state index contributed by atoms with van der Waals surface area (Å²) in [6, 6.07) is 18.1. The molecule has 3 aromatic carbocycles. The molecule has 0 spiro atoms. The first-order chi connectivity index (χ1) is 25.7. The summed E-state index contributed by atoms with van der Waals surface area (Å²) in [6.45, 7) is 3.95. The third-order valence-corrected chi connectivity index (χ3v) is 8.50. The summed E-state index contributed by atoms with van der Waals surface area (Å²) in [7, 11) is 0. The number of carboxylic acids is 1. The van der Waals surface area contributed by atoms with E-state index in [1.165, 1.54) is 12.1 Å². The number of nitrogens with two attached hydrogens (primary N) is 2. The Morgan fingerprint density at radius 1 is 0.648 bits per heavy atom. The highest BCUT2D eigenvalue weighted by molar-refractivity contribution is 5.95. The van der Waals surface area contributed by atoms with Gasteiger partial charge in [0, 0.05) is 19.4 Å². The van der Waals surface area contributed by atoms with Gasteiger partial charge in [0.1, 0.15) is 29.9 Å². The SMILES string of the molecule is CC(C)C[C@H](NC(=O)[C@@H](N)Cc1ccc(O)cc1)C(=O)N[C@@H](CCCNC(=N)N)C(=O)N[C@@H](Cc1ccccc1)C(=O)N[C@@H](Cc1ccccc1)C(=O)O. The molecule has 0 unspecified atom stereocenters. The first-order valence-electron chi connectivity index (χ1n) is 17.8. The molecule has 0 radical (unpaired) electrons. The molecule has 0 heterocycles. The predicted octanol–water partition coefficient (Wildman–Crippen LogP) is 1.08. The summed E-state index contributed by atoms with van der Waals surface area (Å²) in [5, 5.41) is 40.4. The Kier molecular flexibility index (Phi) is 16.9. The maximum atomic E-state index is 14.0. The molecule has 0 bridgehead atoms. The minimum atomic E-state index is -1.29. The molecule has 4 amide bonds. The van der Waals surface area contributed by atoms with E-state index in [9.17, 15) is 34.2 Å². The monoisotopic (exact) mass is 744 g/mol. The fraction of sp³-hybridized carbons (Fsp3) is 0.385. The number of hydrogen-bond acceptors (Lipinski definition) is 8. The Hall–Kier alpha value is -5.96. The van der Waals surface area contributed by atoms with Gasteiger partial charge in [-0.2, -0.15) is 0 Å². The van der Waals surface area contributed by atoms with Crippen LogP contribution in [-0.2, 0) is 43.2 Å². The number of carbonyl (C=O) groups is 5. The van der Waals surface area contributed by atoms with Crippen LogP contribution in [0.3, 0.4) is 0 Å². The molecule has 290 valence electrons. The molecule has 0 saturated carbocycles. The number of carboxylic acid groups (broad SMARTS) is 1. The van der Waals surface area contributed by atoms with Crippen LogP contribution >= 0.6 is 0 Å². The van der Waals surface area contributed by atoms with Crippen molar-refractivity contribution < 1.29 is 34.2 Å². The number of phenols is 1. The summed E-state index contributed by atoms with van der Waals surface area (Å²) in [5.74, 6) is -4.17. The average Bonchev–Trinajstić information content (AvgIpc) is 3.13. The normalized spacial score (nSPS) is 13.7. The summed E-state index contributed by atoms with van der Waals surface area (Å²) >= 11 is 0. The van der Waals surface area contributed by atoms with Gasteiger partial charge in [0.15, 0.2) is 5.96 Å². The maximum absolute atomic E-state index is 14.0. The topological polar surface area (TPSA) is 262 Å². The lowest BCUT2D eigenvalue weighted by molar-refractivity contribution is -0.142. The van der Waals surface area contributed by atoms with Crippen LogP contribution in [0.1, 0.15) is 49.8 Å². The van der Waals surface area contributed by atoms with Gasteiger partial charge < -0.3 is 48.3 Å². The van der Waals surface area contributed by atoms with Crippen LogP contribution in [0.4, 0.5) is 0 Å². The van der Waals surface area contributed by atoms with Crippen molar-refractivity contribution in [3.8, 4) is 5.75 Å². The van der Waals surface area contributed by atoms with Gasteiger partial charge in [0.25, 0.3) is 0 Å². The van der Waals surface area contributed by atoms with Crippen molar-refractivity contribution in [1.82, 2.24) is 26.6 Å². The van der Waals surface area contributed by atoms with Gasteiger partial charge in [-0.3, -0.25) is 24.6 Å². The second-order valence-corrected chi connectivity index (χ2v) is 13.6. The molecule has 0 fully saturated rings. The first-order valence-corrected chi connectivity index (χ1v) is 17.8. The Morgan fingerprint density at radius 3 is 1.65 bits per heavy atom. The number of rotatable bonds is 21. The van der Waals surface area contributed by atoms with E-state index < -0.39 is 59.8 Å². The molecule has 0 aliphatic carbocycles. The quantitative estimate of drug-likeness (QED) is 0.0422. The number of carbonyl (C=O) groups excluding carboxylic acids is 4. The molecular weight excluding hydrogens is 692 g/mol. The predicted molar refractivity (Wildman–Crippen MR) is 204 cm³/mol. The van der Waals surface area contributed by atoms with Gasteiger partial charge in [-0.05, 0) is 60.4 Å². The van der Waals surface area contributed by atoms with Crippen molar-refractivity contribution >= 4 is 35.6 Å². The highest BCUT2D eigenvalue weighted by Crippen LogP contribution is 2.13. The Labute approximate surface area is 315 Å². The first kappa shape index (κ1) is 42.5. The van der Waals surface area contributed by atoms with E-state index in [4.69, 9.17) is 16.9 Å². The van der Waals surface area contributed by atoms with Gasteiger partial charge in [-0.25, -0.2) is 4.79 Å². The molecule has 3 aromatic rings. The number of aliphatic carboxylic acids is 1. The lowest BCUT2D eigenvalue weighted by Crippen LogP contribution is -2.59. The Bertz CT molecular complexity index is 1690. The van der Waals surface area contributed by atoms with Gasteiger partial charge in [-0.1, -0.05) is 86.6 Å². The minimum Gasteiger partial charge on any atom is -0.508 e. The van der Waals surface area contributed by atoms with Crippen LogP contribution in [-0.4, -0.2) is 82.5 Å². The molecule has 54 heavy (non-hydrogen) atoms.